The summed E-state index contributed by atoms with van der Waals surface area (Å²) in [7, 11) is 0. The quantitative estimate of drug-likeness (QED) is 0.832. The van der Waals surface area contributed by atoms with Gasteiger partial charge in [-0.1, -0.05) is 47.1 Å². The van der Waals surface area contributed by atoms with E-state index in [-0.39, 0.29) is 17.3 Å². The molecule has 0 amide bonds. The lowest BCUT2D eigenvalue weighted by atomic mass is 10.1. The Morgan fingerprint density at radius 1 is 1.40 bits per heavy atom. The van der Waals surface area contributed by atoms with Gasteiger partial charge in [-0.15, -0.1) is 0 Å². The Hall–Kier alpha value is -1.67. The lowest BCUT2D eigenvalue weighted by Gasteiger charge is -1.99. The summed E-state index contributed by atoms with van der Waals surface area (Å²) in [4.78, 5) is 4.46. The number of rotatable bonds is 2. The fourth-order valence-electron chi connectivity index (χ4n) is 2.55. The van der Waals surface area contributed by atoms with Gasteiger partial charge >= 0.3 is 0 Å². The molecule has 5 heteroatoms. The van der Waals surface area contributed by atoms with Crippen molar-refractivity contribution in [2.24, 2.45) is 11.3 Å². The van der Waals surface area contributed by atoms with Crippen LogP contribution in [0.4, 0.5) is 0 Å². The monoisotopic (exact) mass is 331 g/mol. The molecular weight excluding hydrogens is 318 g/mol. The molecule has 2 atom stereocenters. The van der Waals surface area contributed by atoms with E-state index in [0.29, 0.717) is 11.7 Å². The van der Waals surface area contributed by atoms with Crippen molar-refractivity contribution in [3.8, 4) is 17.5 Å². The topological polar surface area (TPSA) is 62.7 Å². The van der Waals surface area contributed by atoms with Crippen molar-refractivity contribution in [3.63, 3.8) is 0 Å². The molecule has 1 aromatic heterocycles. The average molecular weight is 332 g/mol. The largest absolute Gasteiger partial charge is 0.339 e. The molecule has 0 aliphatic heterocycles. The Labute approximate surface area is 125 Å². The number of benzene rings is 1. The number of aryl methyl sites for hydroxylation is 1. The second-order valence-electron chi connectivity index (χ2n) is 5.83. The van der Waals surface area contributed by atoms with Crippen LogP contribution >= 0.6 is 15.9 Å². The molecule has 0 spiro atoms. The zero-order valence-electron chi connectivity index (χ0n) is 11.5. The van der Waals surface area contributed by atoms with E-state index in [1.165, 1.54) is 0 Å². The van der Waals surface area contributed by atoms with E-state index in [2.05, 4.69) is 46.0 Å². The van der Waals surface area contributed by atoms with E-state index in [4.69, 9.17) is 9.78 Å². The summed E-state index contributed by atoms with van der Waals surface area (Å²) in [6.45, 7) is 6.13. The van der Waals surface area contributed by atoms with Crippen LogP contribution in [0.1, 0.15) is 31.2 Å². The standard InChI is InChI=1S/C15H14BrN3O/c1-8-4-5-9(6-11(8)16)13-18-14(20-19-13)12-10(7-17)15(12,2)3/h4-6,10,12H,1-3H3. The first-order valence-corrected chi connectivity index (χ1v) is 7.24. The van der Waals surface area contributed by atoms with Crippen molar-refractivity contribution in [3.05, 3.63) is 34.1 Å². The second kappa shape index (κ2) is 4.42. The highest BCUT2D eigenvalue weighted by Crippen LogP contribution is 2.63. The van der Waals surface area contributed by atoms with Gasteiger partial charge in [-0.05, 0) is 24.0 Å². The Morgan fingerprint density at radius 3 is 2.75 bits per heavy atom. The van der Waals surface area contributed by atoms with Crippen molar-refractivity contribution >= 4 is 15.9 Å². The van der Waals surface area contributed by atoms with Crippen LogP contribution in [0.5, 0.6) is 0 Å². The molecule has 1 heterocycles. The maximum Gasteiger partial charge on any atom is 0.232 e. The second-order valence-corrected chi connectivity index (χ2v) is 6.68. The predicted molar refractivity (Wildman–Crippen MR) is 77.8 cm³/mol. The number of nitriles is 1. The lowest BCUT2D eigenvalue weighted by Crippen LogP contribution is -1.90. The smallest absolute Gasteiger partial charge is 0.232 e. The zero-order valence-corrected chi connectivity index (χ0v) is 13.1. The van der Waals surface area contributed by atoms with Gasteiger partial charge in [0, 0.05) is 10.0 Å². The summed E-state index contributed by atoms with van der Waals surface area (Å²) < 4.78 is 6.37. The molecule has 2 aromatic rings. The maximum absolute atomic E-state index is 9.12. The molecule has 1 aliphatic rings. The Morgan fingerprint density at radius 2 is 2.15 bits per heavy atom. The minimum Gasteiger partial charge on any atom is -0.339 e. The average Bonchev–Trinajstić information content (AvgIpc) is 2.76. The third kappa shape index (κ3) is 1.95. The third-order valence-electron chi connectivity index (χ3n) is 4.10. The number of hydrogen-bond donors (Lipinski definition) is 0. The molecule has 0 bridgehead atoms. The molecule has 0 saturated heterocycles. The van der Waals surface area contributed by atoms with Gasteiger partial charge in [-0.25, -0.2) is 0 Å². The van der Waals surface area contributed by atoms with Gasteiger partial charge in [0.05, 0.1) is 17.9 Å². The maximum atomic E-state index is 9.12. The van der Waals surface area contributed by atoms with E-state index in [1.54, 1.807) is 0 Å². The van der Waals surface area contributed by atoms with Gasteiger partial charge in [0.25, 0.3) is 0 Å². The molecule has 1 aliphatic carbocycles. The Kier molecular flexibility index (Phi) is 2.94. The first-order chi connectivity index (χ1) is 9.45. The van der Waals surface area contributed by atoms with E-state index < -0.39 is 0 Å². The Balaban J connectivity index is 1.92. The highest BCUT2D eigenvalue weighted by atomic mass is 79.9. The number of nitrogens with zero attached hydrogens (tertiary/aromatic N) is 3. The minimum absolute atomic E-state index is 0.0412. The van der Waals surface area contributed by atoms with Crippen LogP contribution in [0.3, 0.4) is 0 Å². The molecule has 20 heavy (non-hydrogen) atoms. The minimum atomic E-state index is -0.0770. The number of halogens is 1. The van der Waals surface area contributed by atoms with Crippen LogP contribution in [-0.4, -0.2) is 10.1 Å². The van der Waals surface area contributed by atoms with Gasteiger partial charge in [-0.2, -0.15) is 10.2 Å². The summed E-state index contributed by atoms with van der Waals surface area (Å²) in [5.41, 5.74) is 1.99. The highest BCUT2D eigenvalue weighted by Gasteiger charge is 2.62. The summed E-state index contributed by atoms with van der Waals surface area (Å²) in [5.74, 6) is 1.14. The number of hydrogen-bond acceptors (Lipinski definition) is 4. The molecule has 0 N–H and O–H groups in total. The molecule has 102 valence electrons. The predicted octanol–water partition coefficient (Wildman–Crippen LogP) is 4.07. The van der Waals surface area contributed by atoms with E-state index in [9.17, 15) is 0 Å². The number of aromatic nitrogens is 2. The van der Waals surface area contributed by atoms with Crippen molar-refractivity contribution in [2.75, 3.05) is 0 Å². The molecular formula is C15H14BrN3O. The van der Waals surface area contributed by atoms with Crippen LogP contribution in [0.25, 0.3) is 11.4 Å². The first kappa shape index (κ1) is 13.3. The van der Waals surface area contributed by atoms with Crippen LogP contribution in [0.15, 0.2) is 27.2 Å². The molecule has 1 fully saturated rings. The van der Waals surface area contributed by atoms with Crippen molar-refractivity contribution in [1.82, 2.24) is 10.1 Å². The highest BCUT2D eigenvalue weighted by molar-refractivity contribution is 9.10. The van der Waals surface area contributed by atoms with E-state index >= 15 is 0 Å². The SMILES string of the molecule is Cc1ccc(-c2noc(C3C(C#N)C3(C)C)n2)cc1Br. The molecule has 1 aromatic carbocycles. The van der Waals surface area contributed by atoms with E-state index in [1.807, 2.05) is 25.1 Å². The van der Waals surface area contributed by atoms with Crippen molar-refractivity contribution < 1.29 is 4.52 Å². The molecule has 3 rings (SSSR count). The summed E-state index contributed by atoms with van der Waals surface area (Å²) in [6.07, 6.45) is 0. The fraction of sp³-hybridized carbons (Fsp3) is 0.400. The van der Waals surface area contributed by atoms with Crippen LogP contribution < -0.4 is 0 Å². The van der Waals surface area contributed by atoms with Crippen LogP contribution in [-0.2, 0) is 0 Å². The van der Waals surface area contributed by atoms with Crippen LogP contribution in [0.2, 0.25) is 0 Å². The van der Waals surface area contributed by atoms with Gasteiger partial charge in [0.2, 0.25) is 11.7 Å². The van der Waals surface area contributed by atoms with E-state index in [0.717, 1.165) is 15.6 Å². The zero-order chi connectivity index (χ0) is 14.5. The lowest BCUT2D eigenvalue weighted by molar-refractivity contribution is 0.368. The summed E-state index contributed by atoms with van der Waals surface area (Å²) in [6, 6.07) is 8.26. The molecule has 2 unspecified atom stereocenters. The fourth-order valence-corrected chi connectivity index (χ4v) is 2.93. The van der Waals surface area contributed by atoms with Gasteiger partial charge in [0.1, 0.15) is 0 Å². The van der Waals surface area contributed by atoms with Crippen molar-refractivity contribution in [2.45, 2.75) is 26.7 Å². The third-order valence-corrected chi connectivity index (χ3v) is 4.96. The van der Waals surface area contributed by atoms with Gasteiger partial charge < -0.3 is 4.52 Å². The summed E-state index contributed by atoms with van der Waals surface area (Å²) >= 11 is 3.50. The molecule has 4 nitrogen and oxygen atoms in total. The van der Waals surface area contributed by atoms with Gasteiger partial charge in [-0.3, -0.25) is 0 Å². The first-order valence-electron chi connectivity index (χ1n) is 6.45. The Bertz CT molecular complexity index is 714. The molecule has 0 radical (unpaired) electrons. The van der Waals surface area contributed by atoms with Gasteiger partial charge in [0.15, 0.2) is 0 Å². The normalized spacial score (nSPS) is 23.4. The van der Waals surface area contributed by atoms with Crippen molar-refractivity contribution in [1.29, 1.82) is 5.26 Å². The molecule has 1 saturated carbocycles. The van der Waals surface area contributed by atoms with Crippen LogP contribution in [0, 0.1) is 29.6 Å². The summed E-state index contributed by atoms with van der Waals surface area (Å²) in [5, 5.41) is 13.2.